The van der Waals surface area contributed by atoms with Crippen LogP contribution >= 0.6 is 0 Å². The molecule has 2 aromatic rings. The van der Waals surface area contributed by atoms with Gasteiger partial charge in [0.25, 0.3) is 0 Å². The number of H-pyrrole nitrogens is 1. The summed E-state index contributed by atoms with van der Waals surface area (Å²) in [7, 11) is 0. The largest absolute Gasteiger partial charge is 0.346 e. The Morgan fingerprint density at radius 3 is 2.78 bits per heavy atom. The van der Waals surface area contributed by atoms with Crippen LogP contribution in [0, 0.1) is 11.8 Å². The number of imidazole rings is 1. The maximum Gasteiger partial charge on any atom is 0.226 e. The molecule has 4 rings (SSSR count). The third kappa shape index (κ3) is 2.78. The lowest BCUT2D eigenvalue weighted by Crippen LogP contribution is -2.40. The molecule has 1 aliphatic heterocycles. The highest BCUT2D eigenvalue weighted by Gasteiger charge is 2.44. The van der Waals surface area contributed by atoms with Crippen molar-refractivity contribution in [1.82, 2.24) is 14.9 Å². The van der Waals surface area contributed by atoms with E-state index in [0.717, 1.165) is 49.3 Å². The van der Waals surface area contributed by atoms with Gasteiger partial charge in [0, 0.05) is 24.2 Å². The number of hydrogen-bond acceptors (Lipinski definition) is 2. The summed E-state index contributed by atoms with van der Waals surface area (Å²) in [6.45, 7) is 3.04. The van der Waals surface area contributed by atoms with Crippen molar-refractivity contribution in [3.63, 3.8) is 0 Å². The zero-order valence-electron chi connectivity index (χ0n) is 13.5. The fourth-order valence-corrected chi connectivity index (χ4v) is 3.62. The molecular weight excluding hydrogens is 286 g/mol. The van der Waals surface area contributed by atoms with Crippen molar-refractivity contribution in [2.24, 2.45) is 11.8 Å². The standard InChI is InChI=1S/C19H23N3O/c1-13-11-15(13)19(23)22-10-6-5-9-17(22)18-20-12-16(21-18)14-7-3-2-4-8-14/h2-4,7-8,12-13,15,17H,5-6,9-11H2,1H3,(H,20,21). The van der Waals surface area contributed by atoms with Gasteiger partial charge in [-0.3, -0.25) is 4.79 Å². The third-order valence-corrected chi connectivity index (χ3v) is 5.20. The number of carbonyl (C=O) groups excluding carboxylic acids is 1. The number of aromatic amines is 1. The third-order valence-electron chi connectivity index (χ3n) is 5.20. The number of benzene rings is 1. The fraction of sp³-hybridized carbons (Fsp3) is 0.474. The first-order chi connectivity index (χ1) is 11.2. The molecule has 23 heavy (non-hydrogen) atoms. The van der Waals surface area contributed by atoms with Crippen molar-refractivity contribution in [2.75, 3.05) is 6.54 Å². The highest BCUT2D eigenvalue weighted by atomic mass is 16.2. The van der Waals surface area contributed by atoms with Crippen LogP contribution in [-0.2, 0) is 4.79 Å². The lowest BCUT2D eigenvalue weighted by atomic mass is 10.0. The van der Waals surface area contributed by atoms with Gasteiger partial charge >= 0.3 is 0 Å². The summed E-state index contributed by atoms with van der Waals surface area (Å²) in [4.78, 5) is 22.9. The maximum atomic E-state index is 12.7. The molecule has 1 saturated carbocycles. The zero-order valence-corrected chi connectivity index (χ0v) is 13.5. The Morgan fingerprint density at radius 2 is 2.04 bits per heavy atom. The Kier molecular flexibility index (Phi) is 3.68. The van der Waals surface area contributed by atoms with Crippen molar-refractivity contribution in [3.8, 4) is 11.3 Å². The molecule has 120 valence electrons. The van der Waals surface area contributed by atoms with Crippen LogP contribution in [-0.4, -0.2) is 27.3 Å². The lowest BCUT2D eigenvalue weighted by molar-refractivity contribution is -0.137. The molecule has 4 nitrogen and oxygen atoms in total. The second-order valence-corrected chi connectivity index (χ2v) is 6.90. The fourth-order valence-electron chi connectivity index (χ4n) is 3.62. The van der Waals surface area contributed by atoms with Crippen LogP contribution in [0.2, 0.25) is 0 Å². The molecule has 1 amide bonds. The molecule has 3 atom stereocenters. The van der Waals surface area contributed by atoms with E-state index in [1.807, 2.05) is 24.4 Å². The van der Waals surface area contributed by atoms with Gasteiger partial charge < -0.3 is 9.88 Å². The molecule has 1 N–H and O–H groups in total. The van der Waals surface area contributed by atoms with Gasteiger partial charge in [-0.15, -0.1) is 0 Å². The topological polar surface area (TPSA) is 49.0 Å². The van der Waals surface area contributed by atoms with Crippen LogP contribution in [0.15, 0.2) is 36.5 Å². The van der Waals surface area contributed by atoms with Crippen molar-refractivity contribution < 1.29 is 4.79 Å². The zero-order chi connectivity index (χ0) is 15.8. The second kappa shape index (κ2) is 5.84. The first kappa shape index (κ1) is 14.5. The quantitative estimate of drug-likeness (QED) is 0.938. The molecule has 4 heteroatoms. The Balaban J connectivity index is 1.58. The van der Waals surface area contributed by atoms with E-state index in [1.165, 1.54) is 0 Å². The summed E-state index contributed by atoms with van der Waals surface area (Å²) in [5.41, 5.74) is 2.07. The Hall–Kier alpha value is -2.10. The number of hydrogen-bond donors (Lipinski definition) is 1. The van der Waals surface area contributed by atoms with Crippen LogP contribution in [0.3, 0.4) is 0 Å². The van der Waals surface area contributed by atoms with Gasteiger partial charge in [0.05, 0.1) is 11.7 Å². The lowest BCUT2D eigenvalue weighted by Gasteiger charge is -2.34. The molecule has 0 spiro atoms. The van der Waals surface area contributed by atoms with Gasteiger partial charge in [-0.05, 0) is 31.6 Å². The molecule has 1 aromatic heterocycles. The smallest absolute Gasteiger partial charge is 0.226 e. The first-order valence-corrected chi connectivity index (χ1v) is 8.65. The van der Waals surface area contributed by atoms with E-state index in [1.54, 1.807) is 0 Å². The van der Waals surface area contributed by atoms with Gasteiger partial charge in [0.2, 0.25) is 5.91 Å². The Morgan fingerprint density at radius 1 is 1.26 bits per heavy atom. The van der Waals surface area contributed by atoms with E-state index >= 15 is 0 Å². The number of likely N-dealkylation sites (tertiary alicyclic amines) is 1. The summed E-state index contributed by atoms with van der Waals surface area (Å²) in [6.07, 6.45) is 6.29. The van der Waals surface area contributed by atoms with Crippen LogP contribution in [0.1, 0.15) is 44.5 Å². The van der Waals surface area contributed by atoms with Crippen molar-refractivity contribution >= 4 is 5.91 Å². The molecule has 2 aliphatic rings. The average molecular weight is 309 g/mol. The Labute approximate surface area is 136 Å². The minimum Gasteiger partial charge on any atom is -0.346 e. The van der Waals surface area contributed by atoms with Gasteiger partial charge in [-0.1, -0.05) is 37.3 Å². The van der Waals surface area contributed by atoms with Crippen LogP contribution in [0.4, 0.5) is 0 Å². The van der Waals surface area contributed by atoms with E-state index < -0.39 is 0 Å². The summed E-state index contributed by atoms with van der Waals surface area (Å²) < 4.78 is 0. The van der Waals surface area contributed by atoms with Crippen molar-refractivity contribution in [2.45, 2.75) is 38.6 Å². The summed E-state index contributed by atoms with van der Waals surface area (Å²) in [5.74, 6) is 2.07. The number of carbonyl (C=O) groups is 1. The van der Waals surface area contributed by atoms with E-state index in [-0.39, 0.29) is 12.0 Å². The minimum atomic E-state index is 0.113. The van der Waals surface area contributed by atoms with Crippen LogP contribution in [0.5, 0.6) is 0 Å². The highest BCUT2D eigenvalue weighted by Crippen LogP contribution is 2.42. The van der Waals surface area contributed by atoms with Gasteiger partial charge in [0.1, 0.15) is 5.82 Å². The predicted molar refractivity (Wildman–Crippen MR) is 89.6 cm³/mol. The van der Waals surface area contributed by atoms with Crippen molar-refractivity contribution in [3.05, 3.63) is 42.4 Å². The second-order valence-electron chi connectivity index (χ2n) is 6.90. The molecule has 1 aromatic carbocycles. The normalized spacial score (nSPS) is 27.0. The van der Waals surface area contributed by atoms with E-state index in [0.29, 0.717) is 11.8 Å². The monoisotopic (exact) mass is 309 g/mol. The van der Waals surface area contributed by atoms with E-state index in [4.69, 9.17) is 4.98 Å². The number of piperidine rings is 1. The average Bonchev–Trinajstić information content (AvgIpc) is 3.13. The molecular formula is C19H23N3O. The number of amides is 1. The van der Waals surface area contributed by atoms with Gasteiger partial charge in [-0.2, -0.15) is 0 Å². The maximum absolute atomic E-state index is 12.7. The van der Waals surface area contributed by atoms with E-state index in [2.05, 4.69) is 28.9 Å². The van der Waals surface area contributed by atoms with Gasteiger partial charge in [-0.25, -0.2) is 4.98 Å². The predicted octanol–water partition coefficient (Wildman–Crippen LogP) is 3.79. The Bertz CT molecular complexity index is 694. The molecule has 3 unspecified atom stereocenters. The highest BCUT2D eigenvalue weighted by molar-refractivity contribution is 5.82. The molecule has 0 radical (unpaired) electrons. The number of nitrogens with zero attached hydrogens (tertiary/aromatic N) is 2. The summed E-state index contributed by atoms with van der Waals surface area (Å²) in [6, 6.07) is 10.3. The van der Waals surface area contributed by atoms with Crippen LogP contribution in [0.25, 0.3) is 11.3 Å². The number of aromatic nitrogens is 2. The molecule has 1 aliphatic carbocycles. The first-order valence-electron chi connectivity index (χ1n) is 8.65. The molecule has 1 saturated heterocycles. The molecule has 2 fully saturated rings. The molecule has 2 heterocycles. The SMILES string of the molecule is CC1CC1C(=O)N1CCCCC1c1nc(-c2ccccc2)c[nH]1. The summed E-state index contributed by atoms with van der Waals surface area (Å²) >= 11 is 0. The van der Waals surface area contributed by atoms with E-state index in [9.17, 15) is 4.79 Å². The number of nitrogens with one attached hydrogen (secondary N) is 1. The number of rotatable bonds is 3. The molecule has 0 bridgehead atoms. The van der Waals surface area contributed by atoms with Gasteiger partial charge in [0.15, 0.2) is 0 Å². The summed E-state index contributed by atoms with van der Waals surface area (Å²) in [5, 5.41) is 0. The minimum absolute atomic E-state index is 0.113. The van der Waals surface area contributed by atoms with Crippen molar-refractivity contribution in [1.29, 1.82) is 0 Å². The van der Waals surface area contributed by atoms with Crippen LogP contribution < -0.4 is 0 Å².